The topological polar surface area (TPSA) is 60.4 Å². The van der Waals surface area contributed by atoms with Crippen molar-refractivity contribution in [2.45, 2.75) is 0 Å². The fraction of sp³-hybridized carbons (Fsp3) is 0. The van der Waals surface area contributed by atoms with Gasteiger partial charge < -0.3 is 10.1 Å². The Morgan fingerprint density at radius 2 is 2.33 bits per heavy atom. The fourth-order valence-corrected chi connectivity index (χ4v) is 1.01. The first-order valence-corrected chi connectivity index (χ1v) is 3.36. The van der Waals surface area contributed by atoms with E-state index in [9.17, 15) is 10.1 Å². The Bertz CT molecular complexity index is 402. The largest absolute Gasteiger partial charge is 0.391 e. The Balaban J connectivity index is 2.70. The summed E-state index contributed by atoms with van der Waals surface area (Å²) in [6, 6.07) is 6.77. The van der Waals surface area contributed by atoms with Gasteiger partial charge >= 0.3 is 5.82 Å². The third kappa shape index (κ3) is 0.914. The minimum Gasteiger partial charge on any atom is -0.358 e. The highest BCUT2D eigenvalue weighted by molar-refractivity contribution is 5.50. The van der Waals surface area contributed by atoms with E-state index in [1.807, 2.05) is 0 Å². The van der Waals surface area contributed by atoms with Crippen molar-refractivity contribution >= 4 is 11.3 Å². The first kappa shape index (κ1) is 6.78. The normalized spacial score (nSPS) is 10.3. The Kier molecular flexibility index (Phi) is 1.30. The monoisotopic (exact) mass is 163 g/mol. The molecule has 0 saturated carbocycles. The van der Waals surface area contributed by atoms with Crippen molar-refractivity contribution in [1.29, 1.82) is 0 Å². The summed E-state index contributed by atoms with van der Waals surface area (Å²) in [5.41, 5.74) is 0.726. The maximum atomic E-state index is 10.3. The smallest absolute Gasteiger partial charge is 0.358 e. The molecule has 0 aliphatic carbocycles. The van der Waals surface area contributed by atoms with Crippen LogP contribution in [0.15, 0.2) is 30.5 Å². The number of nitro groups is 1. The van der Waals surface area contributed by atoms with Crippen LogP contribution in [0.3, 0.4) is 0 Å². The van der Waals surface area contributed by atoms with Gasteiger partial charge in [0.25, 0.3) is 0 Å². The van der Waals surface area contributed by atoms with Crippen LogP contribution in [0.2, 0.25) is 0 Å². The van der Waals surface area contributed by atoms with Gasteiger partial charge in [-0.25, -0.2) is 0 Å². The van der Waals surface area contributed by atoms with Crippen molar-refractivity contribution in [3.63, 3.8) is 0 Å². The summed E-state index contributed by atoms with van der Waals surface area (Å²) in [4.78, 5) is 9.79. The third-order valence-corrected chi connectivity index (χ3v) is 1.54. The van der Waals surface area contributed by atoms with E-state index in [0.717, 1.165) is 5.52 Å². The highest BCUT2D eigenvalue weighted by atomic mass is 16.6. The summed E-state index contributed by atoms with van der Waals surface area (Å²) in [5, 5.41) is 14.0. The quantitative estimate of drug-likeness (QED) is 0.469. The number of nitrogens with zero attached hydrogens (tertiary/aromatic N) is 3. The molecule has 5 heteroatoms. The zero-order valence-corrected chi connectivity index (χ0v) is 6.04. The summed E-state index contributed by atoms with van der Waals surface area (Å²) in [7, 11) is 0. The van der Waals surface area contributed by atoms with E-state index < -0.39 is 4.92 Å². The average Bonchev–Trinajstić information content (AvgIpc) is 2.46. The van der Waals surface area contributed by atoms with Gasteiger partial charge in [-0.15, -0.1) is 4.52 Å². The molecule has 5 nitrogen and oxygen atoms in total. The van der Waals surface area contributed by atoms with Crippen molar-refractivity contribution < 1.29 is 4.92 Å². The van der Waals surface area contributed by atoms with E-state index in [4.69, 9.17) is 0 Å². The van der Waals surface area contributed by atoms with E-state index >= 15 is 0 Å². The molecular formula is C7H5N3O2. The summed E-state index contributed by atoms with van der Waals surface area (Å²) < 4.78 is 1.47. The van der Waals surface area contributed by atoms with Gasteiger partial charge in [0.1, 0.15) is 0 Å². The Morgan fingerprint density at radius 1 is 1.50 bits per heavy atom. The number of aromatic nitrogens is 2. The van der Waals surface area contributed by atoms with Crippen molar-refractivity contribution in [3.8, 4) is 0 Å². The van der Waals surface area contributed by atoms with Crippen LogP contribution in [-0.2, 0) is 0 Å². The Morgan fingerprint density at radius 3 is 3.00 bits per heavy atom. The van der Waals surface area contributed by atoms with Gasteiger partial charge in [0, 0.05) is 0 Å². The third-order valence-electron chi connectivity index (χ3n) is 1.54. The van der Waals surface area contributed by atoms with Crippen molar-refractivity contribution in [3.05, 3.63) is 40.6 Å². The van der Waals surface area contributed by atoms with Crippen LogP contribution in [0.25, 0.3) is 5.52 Å². The lowest BCUT2D eigenvalue weighted by molar-refractivity contribution is -0.389. The number of hydrogen-bond donors (Lipinski definition) is 0. The lowest BCUT2D eigenvalue weighted by Crippen LogP contribution is -1.89. The van der Waals surface area contributed by atoms with Crippen LogP contribution >= 0.6 is 0 Å². The Hall–Kier alpha value is -1.91. The van der Waals surface area contributed by atoms with E-state index in [1.165, 1.54) is 10.6 Å². The van der Waals surface area contributed by atoms with Crippen molar-refractivity contribution in [2.75, 3.05) is 0 Å². The predicted octanol–water partition coefficient (Wildman–Crippen LogP) is 1.24. The molecule has 0 atom stereocenters. The van der Waals surface area contributed by atoms with Crippen LogP contribution in [-0.4, -0.2) is 14.5 Å². The average molecular weight is 163 g/mol. The maximum Gasteiger partial charge on any atom is 0.391 e. The predicted molar refractivity (Wildman–Crippen MR) is 41.8 cm³/mol. The van der Waals surface area contributed by atoms with Crippen molar-refractivity contribution in [1.82, 2.24) is 9.61 Å². The zero-order valence-electron chi connectivity index (χ0n) is 6.04. The molecule has 2 heterocycles. The molecule has 0 spiro atoms. The lowest BCUT2D eigenvalue weighted by atomic mass is 10.4. The number of pyridine rings is 1. The molecule has 2 aromatic rings. The maximum absolute atomic E-state index is 10.3. The van der Waals surface area contributed by atoms with Gasteiger partial charge in [0.2, 0.25) is 0 Å². The molecule has 0 unspecified atom stereocenters. The minimum absolute atomic E-state index is 0.124. The zero-order chi connectivity index (χ0) is 8.55. The van der Waals surface area contributed by atoms with Gasteiger partial charge in [0.05, 0.1) is 22.9 Å². The van der Waals surface area contributed by atoms with Gasteiger partial charge in [0.15, 0.2) is 0 Å². The van der Waals surface area contributed by atoms with Gasteiger partial charge in [-0.05, 0) is 17.1 Å². The molecule has 0 saturated heterocycles. The van der Waals surface area contributed by atoms with Crippen LogP contribution < -0.4 is 0 Å². The highest BCUT2D eigenvalue weighted by Crippen LogP contribution is 2.11. The lowest BCUT2D eigenvalue weighted by Gasteiger charge is -1.81. The van der Waals surface area contributed by atoms with Gasteiger partial charge in [-0.1, -0.05) is 6.07 Å². The van der Waals surface area contributed by atoms with Crippen molar-refractivity contribution in [2.24, 2.45) is 0 Å². The molecule has 0 aliphatic rings. The minimum atomic E-state index is -0.507. The molecule has 0 aliphatic heterocycles. The molecule has 2 rings (SSSR count). The molecule has 0 radical (unpaired) electrons. The number of hydrogen-bond acceptors (Lipinski definition) is 3. The molecular weight excluding hydrogens is 158 g/mol. The van der Waals surface area contributed by atoms with E-state index in [-0.39, 0.29) is 5.82 Å². The van der Waals surface area contributed by atoms with E-state index in [2.05, 4.69) is 5.10 Å². The first-order valence-electron chi connectivity index (χ1n) is 3.36. The second-order valence-corrected chi connectivity index (χ2v) is 2.33. The van der Waals surface area contributed by atoms with Gasteiger partial charge in [-0.2, -0.15) is 0 Å². The summed E-state index contributed by atoms with van der Waals surface area (Å²) in [6.07, 6.45) is 1.67. The van der Waals surface area contributed by atoms with Crippen LogP contribution in [0.1, 0.15) is 0 Å². The second kappa shape index (κ2) is 2.30. The first-order chi connectivity index (χ1) is 5.77. The molecule has 0 fully saturated rings. The SMILES string of the molecule is O=[N+]([O-])c1cc2ccccn2n1. The van der Waals surface area contributed by atoms with Crippen LogP contribution in [0, 0.1) is 10.1 Å². The Labute approximate surface area is 67.4 Å². The molecule has 0 N–H and O–H groups in total. The number of fused-ring (bicyclic) bond motifs is 1. The summed E-state index contributed by atoms with van der Waals surface area (Å²) >= 11 is 0. The van der Waals surface area contributed by atoms with Crippen LogP contribution in [0.5, 0.6) is 0 Å². The van der Waals surface area contributed by atoms with E-state index in [1.54, 1.807) is 24.4 Å². The van der Waals surface area contributed by atoms with Crippen LogP contribution in [0.4, 0.5) is 5.82 Å². The summed E-state index contributed by atoms with van der Waals surface area (Å²) in [6.45, 7) is 0. The number of rotatable bonds is 1. The fourth-order valence-electron chi connectivity index (χ4n) is 1.01. The molecule has 0 aromatic carbocycles. The summed E-state index contributed by atoms with van der Waals surface area (Å²) in [5.74, 6) is -0.124. The highest BCUT2D eigenvalue weighted by Gasteiger charge is 2.10. The molecule has 2 aromatic heterocycles. The molecule has 60 valence electrons. The van der Waals surface area contributed by atoms with Gasteiger partial charge in [-0.3, -0.25) is 0 Å². The second-order valence-electron chi connectivity index (χ2n) is 2.33. The van der Waals surface area contributed by atoms with E-state index in [0.29, 0.717) is 0 Å². The molecule has 12 heavy (non-hydrogen) atoms. The standard InChI is InChI=1S/C7H5N3O2/c11-10(12)7-5-6-3-1-2-4-9(6)8-7/h1-5H. The molecule has 0 bridgehead atoms. The molecule has 0 amide bonds.